The van der Waals surface area contributed by atoms with Gasteiger partial charge in [-0.1, -0.05) is 53.4 Å². The molecule has 9 nitrogen and oxygen atoms in total. The largest absolute Gasteiger partial charge is 0.484 e. The topological polar surface area (TPSA) is 96.9 Å². The van der Waals surface area contributed by atoms with Crippen molar-refractivity contribution in [2.45, 2.75) is 4.34 Å². The number of nitrogens with one attached hydrogen (secondary N) is 1. The van der Waals surface area contributed by atoms with Crippen LogP contribution in [0.5, 0.6) is 5.75 Å². The van der Waals surface area contributed by atoms with E-state index in [0.717, 1.165) is 20.2 Å². The van der Waals surface area contributed by atoms with E-state index in [0.29, 0.717) is 45.1 Å². The van der Waals surface area contributed by atoms with Crippen LogP contribution in [0.4, 0.5) is 5.13 Å². The Bertz CT molecular complexity index is 1120. The molecule has 1 fully saturated rings. The summed E-state index contributed by atoms with van der Waals surface area (Å²) in [5.74, 6) is 0.896. The molecule has 2 aromatic carbocycles. The number of rotatable bonds is 10. The molecule has 0 bridgehead atoms. The first-order valence-electron chi connectivity index (χ1n) is 11.0. The maximum atomic E-state index is 12.6. The lowest BCUT2D eigenvalue weighted by atomic mass is 10.1. The quantitative estimate of drug-likeness (QED) is 0.334. The number of aromatic nitrogens is 2. The highest BCUT2D eigenvalue weighted by Gasteiger charge is 2.24. The van der Waals surface area contributed by atoms with Crippen molar-refractivity contribution in [2.75, 3.05) is 63.7 Å². The highest BCUT2D eigenvalue weighted by Crippen LogP contribution is 2.28. The summed E-state index contributed by atoms with van der Waals surface area (Å²) < 4.78 is 11.4. The van der Waals surface area contributed by atoms with E-state index in [1.165, 1.54) is 23.1 Å². The minimum atomic E-state index is -0.0585. The number of ether oxygens (including phenoxy) is 2. The summed E-state index contributed by atoms with van der Waals surface area (Å²) in [5.41, 5.74) is 0. The Morgan fingerprint density at radius 3 is 2.68 bits per heavy atom. The van der Waals surface area contributed by atoms with Crippen LogP contribution in [0.3, 0.4) is 0 Å². The van der Waals surface area contributed by atoms with Gasteiger partial charge in [0.2, 0.25) is 11.0 Å². The molecule has 11 heteroatoms. The third kappa shape index (κ3) is 6.58. The van der Waals surface area contributed by atoms with E-state index in [-0.39, 0.29) is 24.2 Å². The highest BCUT2D eigenvalue weighted by molar-refractivity contribution is 8.01. The van der Waals surface area contributed by atoms with Crippen LogP contribution in [0.15, 0.2) is 46.8 Å². The predicted octanol–water partition coefficient (Wildman–Crippen LogP) is 2.27. The van der Waals surface area contributed by atoms with Crippen molar-refractivity contribution in [3.8, 4) is 5.75 Å². The molecule has 0 atom stereocenters. The fourth-order valence-corrected chi connectivity index (χ4v) is 5.22. The molecule has 1 N–H and O–H groups in total. The molecule has 2 amide bonds. The Hall–Kier alpha value is -2.89. The number of thioether (sulfide) groups is 1. The maximum Gasteiger partial charge on any atom is 0.260 e. The first-order chi connectivity index (χ1) is 16.6. The number of anilines is 1. The standard InChI is InChI=1S/C23H27N5O4S2/c1-31-13-8-24-20(29)16-33-23-26-25-22(34-23)28-11-9-27(10-12-28)21(30)15-32-19-7-6-17-4-2-3-5-18(17)14-19/h2-7,14H,8-13,15-16H2,1H3,(H,24,29). The van der Waals surface area contributed by atoms with Crippen LogP contribution in [0.2, 0.25) is 0 Å². The van der Waals surface area contributed by atoms with Crippen molar-refractivity contribution in [3.05, 3.63) is 42.5 Å². The summed E-state index contributed by atoms with van der Waals surface area (Å²) in [5, 5.41) is 14.3. The average molecular weight is 502 g/mol. The summed E-state index contributed by atoms with van der Waals surface area (Å²) in [6, 6.07) is 13.9. The Kier molecular flexibility index (Phi) is 8.56. The van der Waals surface area contributed by atoms with Gasteiger partial charge in [0.15, 0.2) is 10.9 Å². The number of piperazine rings is 1. The second-order valence-corrected chi connectivity index (χ2v) is 9.83. The molecule has 2 heterocycles. The van der Waals surface area contributed by atoms with Crippen LogP contribution < -0.4 is 15.0 Å². The molecule has 34 heavy (non-hydrogen) atoms. The van der Waals surface area contributed by atoms with Gasteiger partial charge in [0.25, 0.3) is 5.91 Å². The molecule has 0 aliphatic carbocycles. The minimum absolute atomic E-state index is 0.0182. The van der Waals surface area contributed by atoms with Gasteiger partial charge in [-0.25, -0.2) is 0 Å². The SMILES string of the molecule is COCCNC(=O)CSc1nnc(N2CCN(C(=O)COc3ccc4ccccc4c3)CC2)s1. The van der Waals surface area contributed by atoms with Crippen molar-refractivity contribution in [3.63, 3.8) is 0 Å². The minimum Gasteiger partial charge on any atom is -0.484 e. The number of fused-ring (bicyclic) bond motifs is 1. The van der Waals surface area contributed by atoms with Crippen molar-refractivity contribution < 1.29 is 19.1 Å². The zero-order chi connectivity index (χ0) is 23.8. The van der Waals surface area contributed by atoms with Gasteiger partial charge in [-0.05, 0) is 22.9 Å². The molecule has 180 valence electrons. The van der Waals surface area contributed by atoms with Crippen molar-refractivity contribution in [1.29, 1.82) is 0 Å². The molecule has 0 saturated carbocycles. The highest BCUT2D eigenvalue weighted by atomic mass is 32.2. The molecule has 1 aliphatic heterocycles. The number of benzene rings is 2. The number of amides is 2. The summed E-state index contributed by atoms with van der Waals surface area (Å²) in [6.45, 7) is 3.56. The van der Waals surface area contributed by atoms with Gasteiger partial charge in [-0.3, -0.25) is 9.59 Å². The molecule has 0 radical (unpaired) electrons. The Balaban J connectivity index is 1.20. The zero-order valence-corrected chi connectivity index (χ0v) is 20.6. The van der Waals surface area contributed by atoms with Gasteiger partial charge in [-0.15, -0.1) is 10.2 Å². The van der Waals surface area contributed by atoms with Gasteiger partial charge >= 0.3 is 0 Å². The Morgan fingerprint density at radius 2 is 1.88 bits per heavy atom. The van der Waals surface area contributed by atoms with E-state index in [1.54, 1.807) is 7.11 Å². The molecule has 3 aromatic rings. The average Bonchev–Trinajstić information content (AvgIpc) is 3.35. The van der Waals surface area contributed by atoms with Crippen LogP contribution in [0, 0.1) is 0 Å². The normalized spacial score (nSPS) is 13.8. The van der Waals surface area contributed by atoms with Crippen molar-refractivity contribution in [2.24, 2.45) is 0 Å². The van der Waals surface area contributed by atoms with Crippen LogP contribution in [0.25, 0.3) is 10.8 Å². The Labute approximate surface area is 206 Å². The van der Waals surface area contributed by atoms with Crippen LogP contribution in [-0.2, 0) is 14.3 Å². The fraction of sp³-hybridized carbons (Fsp3) is 0.391. The zero-order valence-electron chi connectivity index (χ0n) is 18.9. The van der Waals surface area contributed by atoms with E-state index in [2.05, 4.69) is 20.4 Å². The summed E-state index contributed by atoms with van der Waals surface area (Å²) in [6.07, 6.45) is 0. The maximum absolute atomic E-state index is 12.6. The monoisotopic (exact) mass is 501 g/mol. The van der Waals surface area contributed by atoms with E-state index >= 15 is 0 Å². The van der Waals surface area contributed by atoms with E-state index in [1.807, 2.05) is 47.4 Å². The smallest absolute Gasteiger partial charge is 0.260 e. The number of methoxy groups -OCH3 is 1. The molecule has 0 spiro atoms. The fourth-order valence-electron chi connectivity index (χ4n) is 3.50. The number of nitrogens with zero attached hydrogens (tertiary/aromatic N) is 4. The number of hydrogen-bond acceptors (Lipinski definition) is 9. The van der Waals surface area contributed by atoms with E-state index in [4.69, 9.17) is 9.47 Å². The lowest BCUT2D eigenvalue weighted by Crippen LogP contribution is -2.50. The number of hydrogen-bond donors (Lipinski definition) is 1. The van der Waals surface area contributed by atoms with Gasteiger partial charge in [0, 0.05) is 39.8 Å². The summed E-state index contributed by atoms with van der Waals surface area (Å²) in [7, 11) is 1.60. The molecular formula is C23H27N5O4S2. The second-order valence-electron chi connectivity index (χ2n) is 7.65. The number of carbonyl (C=O) groups excluding carboxylic acids is 2. The molecular weight excluding hydrogens is 474 g/mol. The van der Waals surface area contributed by atoms with E-state index in [9.17, 15) is 9.59 Å². The van der Waals surface area contributed by atoms with Gasteiger partial charge in [-0.2, -0.15) is 0 Å². The molecule has 0 unspecified atom stereocenters. The van der Waals surface area contributed by atoms with Gasteiger partial charge in [0.05, 0.1) is 12.4 Å². The summed E-state index contributed by atoms with van der Waals surface area (Å²) in [4.78, 5) is 28.4. The summed E-state index contributed by atoms with van der Waals surface area (Å²) >= 11 is 2.83. The molecule has 1 aliphatic rings. The van der Waals surface area contributed by atoms with Gasteiger partial charge < -0.3 is 24.6 Å². The first-order valence-corrected chi connectivity index (χ1v) is 12.8. The lowest BCUT2D eigenvalue weighted by molar-refractivity contribution is -0.133. The third-order valence-electron chi connectivity index (χ3n) is 5.34. The van der Waals surface area contributed by atoms with Crippen LogP contribution >= 0.6 is 23.1 Å². The predicted molar refractivity (Wildman–Crippen MR) is 134 cm³/mol. The van der Waals surface area contributed by atoms with Crippen molar-refractivity contribution in [1.82, 2.24) is 20.4 Å². The van der Waals surface area contributed by atoms with Crippen LogP contribution in [-0.4, -0.2) is 85.7 Å². The molecule has 1 aromatic heterocycles. The van der Waals surface area contributed by atoms with Gasteiger partial charge in [0.1, 0.15) is 5.75 Å². The van der Waals surface area contributed by atoms with Crippen LogP contribution in [0.1, 0.15) is 0 Å². The van der Waals surface area contributed by atoms with Crippen molar-refractivity contribution >= 4 is 50.8 Å². The lowest BCUT2D eigenvalue weighted by Gasteiger charge is -2.34. The first kappa shape index (κ1) is 24.2. The van der Waals surface area contributed by atoms with E-state index < -0.39 is 0 Å². The Morgan fingerprint density at radius 1 is 1.09 bits per heavy atom. The third-order valence-corrected chi connectivity index (χ3v) is 7.45. The second kappa shape index (κ2) is 12.0. The molecule has 4 rings (SSSR count). The number of carbonyl (C=O) groups is 2. The molecule has 1 saturated heterocycles.